The second kappa shape index (κ2) is 15.9. The minimum absolute atomic E-state index is 0.887. The van der Waals surface area contributed by atoms with Gasteiger partial charge in [0, 0.05) is 62.0 Å². The van der Waals surface area contributed by atoms with Gasteiger partial charge >= 0.3 is 0 Å². The summed E-state index contributed by atoms with van der Waals surface area (Å²) in [6.45, 7) is 0. The van der Waals surface area contributed by atoms with Gasteiger partial charge in [-0.1, -0.05) is 140 Å². The van der Waals surface area contributed by atoms with Crippen LogP contribution in [0.5, 0.6) is 0 Å². The summed E-state index contributed by atoms with van der Waals surface area (Å²) in [6, 6.07) is 85.2. The summed E-state index contributed by atoms with van der Waals surface area (Å²) in [5.41, 5.74) is 17.6. The smallest absolute Gasteiger partial charge is 0.143 e. The van der Waals surface area contributed by atoms with E-state index in [0.717, 1.165) is 94.7 Å². The molecule has 0 saturated heterocycles. The second-order valence-corrected chi connectivity index (χ2v) is 17.1. The average Bonchev–Trinajstić information content (AvgIpc) is 3.95. The number of furan rings is 1. The van der Waals surface area contributed by atoms with E-state index in [4.69, 9.17) is 4.42 Å². The van der Waals surface area contributed by atoms with Gasteiger partial charge < -0.3 is 13.9 Å². The molecule has 0 fully saturated rings. The summed E-state index contributed by atoms with van der Waals surface area (Å²) in [5.74, 6) is 0. The SMILES string of the molecule is c1ccc(N(c2ccccc2)c2ccc(-c3cc(-c4ccc5c(c4)c4ccccc4n5-c4ccc(-c5ccncc5)cc4)cc(-c4cccc5c4oc4ccccc45)c3)c3ccccc23)cc1. The highest BCUT2D eigenvalue weighted by Crippen LogP contribution is 2.45. The molecule has 10 aromatic carbocycles. The number of anilines is 3. The van der Waals surface area contributed by atoms with Crippen molar-refractivity contribution >= 4 is 71.6 Å². The zero-order valence-electron chi connectivity index (χ0n) is 36.4. The number of fused-ring (bicyclic) bond motifs is 7. The highest BCUT2D eigenvalue weighted by Gasteiger charge is 2.20. The third-order valence-corrected chi connectivity index (χ3v) is 13.3. The molecule has 0 bridgehead atoms. The van der Waals surface area contributed by atoms with Crippen molar-refractivity contribution < 1.29 is 4.42 Å². The Labute approximate surface area is 387 Å². The molecule has 0 aliphatic rings. The average molecular weight is 856 g/mol. The summed E-state index contributed by atoms with van der Waals surface area (Å²) < 4.78 is 9.08. The molecule has 3 aromatic heterocycles. The first-order valence-electron chi connectivity index (χ1n) is 22.8. The van der Waals surface area contributed by atoms with E-state index in [2.05, 4.69) is 245 Å². The van der Waals surface area contributed by atoms with Crippen LogP contribution in [-0.4, -0.2) is 9.55 Å². The van der Waals surface area contributed by atoms with Gasteiger partial charge in [0.2, 0.25) is 0 Å². The molecule has 0 spiro atoms. The van der Waals surface area contributed by atoms with E-state index in [1.165, 1.54) is 27.1 Å². The van der Waals surface area contributed by atoms with Crippen LogP contribution in [0.4, 0.5) is 17.1 Å². The number of pyridine rings is 1. The van der Waals surface area contributed by atoms with Crippen molar-refractivity contribution in [3.05, 3.63) is 249 Å². The van der Waals surface area contributed by atoms with Crippen molar-refractivity contribution in [1.82, 2.24) is 9.55 Å². The first kappa shape index (κ1) is 38.5. The lowest BCUT2D eigenvalue weighted by Crippen LogP contribution is -2.10. The molecule has 0 radical (unpaired) electrons. The van der Waals surface area contributed by atoms with Crippen molar-refractivity contribution in [3.8, 4) is 50.2 Å². The monoisotopic (exact) mass is 855 g/mol. The number of aromatic nitrogens is 2. The molecule has 13 rings (SSSR count). The number of hydrogen-bond acceptors (Lipinski definition) is 3. The fourth-order valence-corrected chi connectivity index (χ4v) is 10.2. The Balaban J connectivity index is 1.01. The predicted octanol–water partition coefficient (Wildman–Crippen LogP) is 17.4. The molecule has 314 valence electrons. The van der Waals surface area contributed by atoms with Crippen LogP contribution in [0, 0.1) is 0 Å². The summed E-state index contributed by atoms with van der Waals surface area (Å²) >= 11 is 0. The van der Waals surface area contributed by atoms with Crippen molar-refractivity contribution in [1.29, 1.82) is 0 Å². The molecular formula is C63H41N3O. The van der Waals surface area contributed by atoms with Crippen LogP contribution in [0.1, 0.15) is 0 Å². The minimum Gasteiger partial charge on any atom is -0.455 e. The normalized spacial score (nSPS) is 11.6. The van der Waals surface area contributed by atoms with E-state index in [1.54, 1.807) is 0 Å². The topological polar surface area (TPSA) is 34.2 Å². The molecule has 3 heterocycles. The summed E-state index contributed by atoms with van der Waals surface area (Å²) in [4.78, 5) is 6.58. The number of para-hydroxylation sites is 5. The lowest BCUT2D eigenvalue weighted by molar-refractivity contribution is 0.670. The zero-order chi connectivity index (χ0) is 44.3. The molecular weight excluding hydrogens is 815 g/mol. The van der Waals surface area contributed by atoms with Gasteiger partial charge in [-0.2, -0.15) is 0 Å². The third-order valence-electron chi connectivity index (χ3n) is 13.3. The van der Waals surface area contributed by atoms with Crippen LogP contribution in [0.3, 0.4) is 0 Å². The Morgan fingerprint density at radius 2 is 0.925 bits per heavy atom. The third kappa shape index (κ3) is 6.57. The van der Waals surface area contributed by atoms with Gasteiger partial charge in [-0.25, -0.2) is 0 Å². The van der Waals surface area contributed by atoms with Gasteiger partial charge in [-0.05, 0) is 141 Å². The molecule has 4 nitrogen and oxygen atoms in total. The minimum atomic E-state index is 0.887. The van der Waals surface area contributed by atoms with Crippen molar-refractivity contribution in [2.24, 2.45) is 0 Å². The van der Waals surface area contributed by atoms with Crippen LogP contribution in [-0.2, 0) is 0 Å². The van der Waals surface area contributed by atoms with E-state index in [9.17, 15) is 0 Å². The van der Waals surface area contributed by atoms with Gasteiger partial charge in [-0.15, -0.1) is 0 Å². The molecule has 0 amide bonds. The van der Waals surface area contributed by atoms with Crippen LogP contribution in [0.25, 0.3) is 105 Å². The standard InChI is InChI=1S/C63H41N3O/c1-3-14-48(15-4-1)65(49-16-5-2-6-17-49)60-33-31-51(53-18-7-8-19-54(53)60)46-38-45(39-47(40-46)52-22-13-23-57-56-21-10-12-25-62(56)67-63(52)57)44-28-32-61-58(41-44)55-20-9-11-24-59(55)66(61)50-29-26-42(27-30-50)43-34-36-64-37-35-43/h1-41H. The van der Waals surface area contributed by atoms with E-state index in [1.807, 2.05) is 18.5 Å². The number of rotatable bonds is 8. The quantitative estimate of drug-likeness (QED) is 0.153. The largest absolute Gasteiger partial charge is 0.455 e. The van der Waals surface area contributed by atoms with Crippen LogP contribution >= 0.6 is 0 Å². The maximum atomic E-state index is 6.70. The Morgan fingerprint density at radius 1 is 0.343 bits per heavy atom. The molecule has 0 aliphatic carbocycles. The van der Waals surface area contributed by atoms with Gasteiger partial charge in [0.1, 0.15) is 11.2 Å². The summed E-state index contributed by atoms with van der Waals surface area (Å²) in [7, 11) is 0. The highest BCUT2D eigenvalue weighted by atomic mass is 16.3. The first-order chi connectivity index (χ1) is 33.2. The van der Waals surface area contributed by atoms with Gasteiger partial charge in [0.15, 0.2) is 0 Å². The fourth-order valence-electron chi connectivity index (χ4n) is 10.2. The molecule has 0 aliphatic heterocycles. The van der Waals surface area contributed by atoms with Gasteiger partial charge in [0.05, 0.1) is 16.7 Å². The van der Waals surface area contributed by atoms with Crippen LogP contribution < -0.4 is 4.90 Å². The van der Waals surface area contributed by atoms with Crippen molar-refractivity contribution in [2.75, 3.05) is 4.90 Å². The highest BCUT2D eigenvalue weighted by molar-refractivity contribution is 6.13. The lowest BCUT2D eigenvalue weighted by Gasteiger charge is -2.27. The number of hydrogen-bond donors (Lipinski definition) is 0. The Kier molecular flexibility index (Phi) is 9.14. The van der Waals surface area contributed by atoms with Crippen molar-refractivity contribution in [2.45, 2.75) is 0 Å². The van der Waals surface area contributed by atoms with E-state index >= 15 is 0 Å². The summed E-state index contributed by atoms with van der Waals surface area (Å²) in [5, 5.41) is 6.99. The Bertz CT molecular complexity index is 3930. The van der Waals surface area contributed by atoms with E-state index in [-0.39, 0.29) is 0 Å². The predicted molar refractivity (Wildman–Crippen MR) is 280 cm³/mol. The maximum Gasteiger partial charge on any atom is 0.143 e. The fraction of sp³-hybridized carbons (Fsp3) is 0. The molecule has 0 atom stereocenters. The zero-order valence-corrected chi connectivity index (χ0v) is 36.4. The van der Waals surface area contributed by atoms with Gasteiger partial charge in [0.25, 0.3) is 0 Å². The second-order valence-electron chi connectivity index (χ2n) is 17.1. The molecule has 0 N–H and O–H groups in total. The number of nitrogens with zero attached hydrogens (tertiary/aromatic N) is 3. The lowest BCUT2D eigenvalue weighted by atomic mass is 9.90. The van der Waals surface area contributed by atoms with E-state index in [0.29, 0.717) is 0 Å². The summed E-state index contributed by atoms with van der Waals surface area (Å²) in [6.07, 6.45) is 3.69. The van der Waals surface area contributed by atoms with E-state index < -0.39 is 0 Å². The first-order valence-corrected chi connectivity index (χ1v) is 22.8. The number of benzene rings is 10. The Morgan fingerprint density at radius 3 is 1.69 bits per heavy atom. The van der Waals surface area contributed by atoms with Crippen LogP contribution in [0.2, 0.25) is 0 Å². The molecule has 67 heavy (non-hydrogen) atoms. The molecule has 0 unspecified atom stereocenters. The maximum absolute atomic E-state index is 6.70. The van der Waals surface area contributed by atoms with Crippen molar-refractivity contribution in [3.63, 3.8) is 0 Å². The van der Waals surface area contributed by atoms with Crippen LogP contribution in [0.15, 0.2) is 253 Å². The van der Waals surface area contributed by atoms with Gasteiger partial charge in [-0.3, -0.25) is 4.98 Å². The molecule has 0 saturated carbocycles. The molecule has 13 aromatic rings. The molecule has 4 heteroatoms. The Hall–Kier alpha value is -8.99.